The Morgan fingerprint density at radius 3 is 1.67 bits per heavy atom. The maximum absolute atomic E-state index is 3.94. The van der Waals surface area contributed by atoms with Gasteiger partial charge < -0.3 is 0 Å². The molecule has 104 valence electrons. The SMILES string of the molecule is C=CC1CCC(CCC2CCC(CC)CC2)CC1. The van der Waals surface area contributed by atoms with Crippen molar-refractivity contribution in [3.63, 3.8) is 0 Å². The molecule has 0 spiro atoms. The third kappa shape index (κ3) is 4.14. The molecule has 2 fully saturated rings. The minimum Gasteiger partial charge on any atom is -0.103 e. The monoisotopic (exact) mass is 248 g/mol. The number of hydrogen-bond acceptors (Lipinski definition) is 0. The van der Waals surface area contributed by atoms with Crippen LogP contribution in [0, 0.1) is 23.7 Å². The van der Waals surface area contributed by atoms with Gasteiger partial charge in [-0.3, -0.25) is 0 Å². The fraction of sp³-hybridized carbons (Fsp3) is 0.889. The molecule has 0 unspecified atom stereocenters. The van der Waals surface area contributed by atoms with Crippen LogP contribution in [-0.2, 0) is 0 Å². The summed E-state index contributed by atoms with van der Waals surface area (Å²) < 4.78 is 0. The van der Waals surface area contributed by atoms with E-state index < -0.39 is 0 Å². The highest BCUT2D eigenvalue weighted by atomic mass is 14.3. The number of allylic oxidation sites excluding steroid dienone is 1. The van der Waals surface area contributed by atoms with Crippen LogP contribution in [0.15, 0.2) is 12.7 Å². The Balaban J connectivity index is 1.60. The minimum atomic E-state index is 0.834. The van der Waals surface area contributed by atoms with Crippen molar-refractivity contribution in [2.75, 3.05) is 0 Å². The first-order valence-electron chi connectivity index (χ1n) is 8.44. The molecule has 2 aliphatic rings. The Labute approximate surface area is 114 Å². The standard InChI is InChI=1S/C18H32/c1-3-15-5-9-17(10-6-15)13-14-18-11-7-16(4-2)8-12-18/h3,15-18H,1,4-14H2,2H3. The van der Waals surface area contributed by atoms with Crippen LogP contribution in [0.25, 0.3) is 0 Å². The van der Waals surface area contributed by atoms with Gasteiger partial charge in [-0.2, -0.15) is 0 Å². The molecule has 0 amide bonds. The molecule has 0 aromatic carbocycles. The van der Waals surface area contributed by atoms with E-state index in [0.29, 0.717) is 0 Å². The Morgan fingerprint density at radius 1 is 0.778 bits per heavy atom. The van der Waals surface area contributed by atoms with Crippen molar-refractivity contribution in [2.45, 2.75) is 77.6 Å². The maximum Gasteiger partial charge on any atom is -0.0236 e. The molecule has 0 aromatic heterocycles. The average molecular weight is 248 g/mol. The molecule has 0 aromatic rings. The second kappa shape index (κ2) is 7.36. The summed E-state index contributed by atoms with van der Waals surface area (Å²) in [6.45, 7) is 6.31. The lowest BCUT2D eigenvalue weighted by atomic mass is 9.75. The minimum absolute atomic E-state index is 0.834. The fourth-order valence-electron chi connectivity index (χ4n) is 4.11. The summed E-state index contributed by atoms with van der Waals surface area (Å²) in [5, 5.41) is 0. The molecule has 2 rings (SSSR count). The Bertz CT molecular complexity index is 226. The van der Waals surface area contributed by atoms with Crippen LogP contribution >= 0.6 is 0 Å². The zero-order chi connectivity index (χ0) is 12.8. The van der Waals surface area contributed by atoms with E-state index in [2.05, 4.69) is 19.6 Å². The first-order chi connectivity index (χ1) is 8.81. The second-order valence-electron chi connectivity index (χ2n) is 6.89. The van der Waals surface area contributed by atoms with E-state index in [1.807, 2.05) is 0 Å². The zero-order valence-corrected chi connectivity index (χ0v) is 12.4. The van der Waals surface area contributed by atoms with E-state index in [1.54, 1.807) is 0 Å². The molecular weight excluding hydrogens is 216 g/mol. The van der Waals surface area contributed by atoms with Crippen LogP contribution < -0.4 is 0 Å². The lowest BCUT2D eigenvalue weighted by molar-refractivity contribution is 0.224. The third-order valence-corrected chi connectivity index (χ3v) is 5.75. The summed E-state index contributed by atoms with van der Waals surface area (Å²) in [7, 11) is 0. The first-order valence-corrected chi connectivity index (χ1v) is 8.44. The number of rotatable bonds is 5. The largest absolute Gasteiger partial charge is 0.103 e. The van der Waals surface area contributed by atoms with Gasteiger partial charge in [0.15, 0.2) is 0 Å². The topological polar surface area (TPSA) is 0 Å². The fourth-order valence-corrected chi connectivity index (χ4v) is 4.11. The molecule has 0 nitrogen and oxygen atoms in total. The smallest absolute Gasteiger partial charge is 0.0236 e. The average Bonchev–Trinajstić information content (AvgIpc) is 2.46. The molecule has 0 N–H and O–H groups in total. The molecule has 0 heterocycles. The van der Waals surface area contributed by atoms with Gasteiger partial charge in [0.25, 0.3) is 0 Å². The Hall–Kier alpha value is -0.260. The number of hydrogen-bond donors (Lipinski definition) is 0. The molecule has 0 aliphatic heterocycles. The quantitative estimate of drug-likeness (QED) is 0.525. The van der Waals surface area contributed by atoms with Crippen LogP contribution in [0.3, 0.4) is 0 Å². The molecule has 0 bridgehead atoms. The molecule has 18 heavy (non-hydrogen) atoms. The van der Waals surface area contributed by atoms with Crippen molar-refractivity contribution in [3.8, 4) is 0 Å². The van der Waals surface area contributed by atoms with Crippen LogP contribution in [0.2, 0.25) is 0 Å². The van der Waals surface area contributed by atoms with Crippen LogP contribution in [0.4, 0.5) is 0 Å². The third-order valence-electron chi connectivity index (χ3n) is 5.75. The molecule has 0 saturated heterocycles. The van der Waals surface area contributed by atoms with E-state index >= 15 is 0 Å². The molecule has 0 atom stereocenters. The van der Waals surface area contributed by atoms with Crippen molar-refractivity contribution >= 4 is 0 Å². The molecular formula is C18H32. The highest BCUT2D eigenvalue weighted by Gasteiger charge is 2.23. The normalized spacial score (nSPS) is 37.4. The Morgan fingerprint density at radius 2 is 1.22 bits per heavy atom. The van der Waals surface area contributed by atoms with Gasteiger partial charge >= 0.3 is 0 Å². The van der Waals surface area contributed by atoms with Crippen molar-refractivity contribution < 1.29 is 0 Å². The van der Waals surface area contributed by atoms with Crippen molar-refractivity contribution in [2.24, 2.45) is 23.7 Å². The summed E-state index contributed by atoms with van der Waals surface area (Å²) in [6, 6.07) is 0. The van der Waals surface area contributed by atoms with Gasteiger partial charge in [0.05, 0.1) is 0 Å². The van der Waals surface area contributed by atoms with Crippen LogP contribution in [-0.4, -0.2) is 0 Å². The van der Waals surface area contributed by atoms with Gasteiger partial charge in [-0.15, -0.1) is 6.58 Å². The lowest BCUT2D eigenvalue weighted by Crippen LogP contribution is -2.17. The maximum atomic E-state index is 3.94. The van der Waals surface area contributed by atoms with Crippen LogP contribution in [0.1, 0.15) is 77.6 Å². The first kappa shape index (κ1) is 14.2. The van der Waals surface area contributed by atoms with E-state index in [0.717, 1.165) is 23.7 Å². The second-order valence-corrected chi connectivity index (χ2v) is 6.89. The summed E-state index contributed by atoms with van der Waals surface area (Å²) in [6.07, 6.45) is 18.5. The predicted molar refractivity (Wildman–Crippen MR) is 80.6 cm³/mol. The molecule has 2 aliphatic carbocycles. The van der Waals surface area contributed by atoms with Crippen molar-refractivity contribution in [3.05, 3.63) is 12.7 Å². The highest BCUT2D eigenvalue weighted by molar-refractivity contribution is 4.84. The zero-order valence-electron chi connectivity index (χ0n) is 12.4. The summed E-state index contributed by atoms with van der Waals surface area (Å²) in [4.78, 5) is 0. The van der Waals surface area contributed by atoms with Crippen molar-refractivity contribution in [1.82, 2.24) is 0 Å². The van der Waals surface area contributed by atoms with Gasteiger partial charge in [-0.05, 0) is 49.4 Å². The van der Waals surface area contributed by atoms with E-state index in [9.17, 15) is 0 Å². The molecule has 0 radical (unpaired) electrons. The van der Waals surface area contributed by atoms with Gasteiger partial charge in [0.1, 0.15) is 0 Å². The lowest BCUT2D eigenvalue weighted by Gasteiger charge is -2.31. The van der Waals surface area contributed by atoms with Gasteiger partial charge in [0.2, 0.25) is 0 Å². The van der Waals surface area contributed by atoms with Crippen LogP contribution in [0.5, 0.6) is 0 Å². The van der Waals surface area contributed by atoms with Gasteiger partial charge in [-0.1, -0.05) is 57.9 Å². The summed E-state index contributed by atoms with van der Waals surface area (Å²) >= 11 is 0. The van der Waals surface area contributed by atoms with Gasteiger partial charge in [0, 0.05) is 0 Å². The van der Waals surface area contributed by atoms with E-state index in [1.165, 1.54) is 70.6 Å². The molecule has 2 saturated carbocycles. The highest BCUT2D eigenvalue weighted by Crippen LogP contribution is 2.37. The van der Waals surface area contributed by atoms with E-state index in [4.69, 9.17) is 0 Å². The van der Waals surface area contributed by atoms with Gasteiger partial charge in [-0.25, -0.2) is 0 Å². The summed E-state index contributed by atoms with van der Waals surface area (Å²) in [5.41, 5.74) is 0. The van der Waals surface area contributed by atoms with Crippen molar-refractivity contribution in [1.29, 1.82) is 0 Å². The predicted octanol–water partition coefficient (Wildman–Crippen LogP) is 5.98. The van der Waals surface area contributed by atoms with E-state index in [-0.39, 0.29) is 0 Å². The Kier molecular flexibility index (Phi) is 5.79. The summed E-state index contributed by atoms with van der Waals surface area (Å²) in [5.74, 6) is 4.01. The molecule has 0 heteroatoms.